The fraction of sp³-hybridized carbons (Fsp3) is 0.111. The third-order valence-corrected chi connectivity index (χ3v) is 4.27. The van der Waals surface area contributed by atoms with Crippen LogP contribution in [-0.2, 0) is 6.54 Å². The van der Waals surface area contributed by atoms with E-state index < -0.39 is 0 Å². The molecule has 3 rings (SSSR count). The fourth-order valence-electron chi connectivity index (χ4n) is 2.33. The summed E-state index contributed by atoms with van der Waals surface area (Å²) in [5.41, 5.74) is 0.197. The minimum absolute atomic E-state index is 0.0482. The number of nitrogens with zero attached hydrogens (tertiary/aromatic N) is 1. The number of carbonyl (C=O) groups is 1. The van der Waals surface area contributed by atoms with Crippen molar-refractivity contribution in [1.29, 1.82) is 0 Å². The first-order chi connectivity index (χ1) is 11.2. The molecule has 2 heterocycles. The van der Waals surface area contributed by atoms with Crippen LogP contribution in [0.1, 0.15) is 15.4 Å². The highest BCUT2D eigenvalue weighted by atomic mass is 32.1. The summed E-state index contributed by atoms with van der Waals surface area (Å²) >= 11 is 1.57. The van der Waals surface area contributed by atoms with Crippen LogP contribution in [0.15, 0.2) is 69.7 Å². The third kappa shape index (κ3) is 3.24. The fourth-order valence-corrected chi connectivity index (χ4v) is 3.05. The van der Waals surface area contributed by atoms with Gasteiger partial charge in [0.05, 0.1) is 11.9 Å². The monoisotopic (exact) mass is 325 g/mol. The van der Waals surface area contributed by atoms with E-state index >= 15 is 0 Å². The number of amides is 1. The Morgan fingerprint density at radius 3 is 2.83 bits per heavy atom. The van der Waals surface area contributed by atoms with Gasteiger partial charge in [0.15, 0.2) is 11.2 Å². The minimum Gasteiger partial charge on any atom is -0.451 e. The lowest BCUT2D eigenvalue weighted by atomic mass is 10.2. The van der Waals surface area contributed by atoms with Gasteiger partial charge in [0, 0.05) is 17.5 Å². The first-order valence-corrected chi connectivity index (χ1v) is 8.02. The van der Waals surface area contributed by atoms with E-state index in [-0.39, 0.29) is 17.1 Å². The smallest absolute Gasteiger partial charge is 0.290 e. The van der Waals surface area contributed by atoms with E-state index in [0.717, 1.165) is 4.88 Å². The van der Waals surface area contributed by atoms with Crippen LogP contribution >= 0.6 is 11.3 Å². The summed E-state index contributed by atoms with van der Waals surface area (Å²) in [5, 5.41) is 2.43. The van der Waals surface area contributed by atoms with E-state index in [1.54, 1.807) is 46.6 Å². The molecule has 0 spiro atoms. The Morgan fingerprint density at radius 1 is 1.26 bits per heavy atom. The van der Waals surface area contributed by atoms with Crippen molar-refractivity contribution in [3.8, 4) is 0 Å². The average molecular weight is 325 g/mol. The number of hydrogen-bond acceptors (Lipinski definition) is 4. The molecule has 0 aliphatic carbocycles. The van der Waals surface area contributed by atoms with Crippen molar-refractivity contribution in [1.82, 2.24) is 4.90 Å². The quantitative estimate of drug-likeness (QED) is 0.672. The molecule has 0 unspecified atom stereocenters. The van der Waals surface area contributed by atoms with E-state index in [1.807, 2.05) is 17.5 Å². The van der Waals surface area contributed by atoms with Gasteiger partial charge < -0.3 is 9.32 Å². The Kier molecular flexibility index (Phi) is 4.39. The first kappa shape index (κ1) is 15.2. The van der Waals surface area contributed by atoms with Crippen molar-refractivity contribution in [2.24, 2.45) is 0 Å². The molecule has 1 aromatic carbocycles. The van der Waals surface area contributed by atoms with Gasteiger partial charge in [0.1, 0.15) is 5.58 Å². The summed E-state index contributed by atoms with van der Waals surface area (Å²) in [4.78, 5) is 27.5. The number of fused-ring (bicyclic) bond motifs is 1. The van der Waals surface area contributed by atoms with E-state index in [4.69, 9.17) is 4.42 Å². The molecule has 0 bridgehead atoms. The van der Waals surface area contributed by atoms with Gasteiger partial charge in [-0.3, -0.25) is 9.59 Å². The zero-order valence-corrected chi connectivity index (χ0v) is 13.2. The molecule has 0 fully saturated rings. The highest BCUT2D eigenvalue weighted by Gasteiger charge is 2.19. The Hall–Kier alpha value is -2.66. The molecule has 2 aromatic heterocycles. The topological polar surface area (TPSA) is 50.5 Å². The molecule has 0 saturated heterocycles. The molecule has 0 radical (unpaired) electrons. The Labute approximate surface area is 137 Å². The summed E-state index contributed by atoms with van der Waals surface area (Å²) in [5.74, 6) is -0.270. The molecule has 4 nitrogen and oxygen atoms in total. The number of rotatable bonds is 5. The standard InChI is InChI=1S/C18H15NO3S/c1-2-9-19(12-13-6-5-10-23-13)18(21)17-11-15(20)14-7-3-4-8-16(14)22-17/h2-8,10-11H,1,9,12H2. The highest BCUT2D eigenvalue weighted by Crippen LogP contribution is 2.16. The second kappa shape index (κ2) is 6.62. The van der Waals surface area contributed by atoms with E-state index in [9.17, 15) is 9.59 Å². The molecule has 0 aliphatic heterocycles. The van der Waals surface area contributed by atoms with Crippen LogP contribution in [0.4, 0.5) is 0 Å². The van der Waals surface area contributed by atoms with E-state index in [1.165, 1.54) is 6.07 Å². The zero-order valence-electron chi connectivity index (χ0n) is 12.4. The maximum absolute atomic E-state index is 12.7. The largest absolute Gasteiger partial charge is 0.451 e. The van der Waals surface area contributed by atoms with Gasteiger partial charge in [-0.15, -0.1) is 17.9 Å². The lowest BCUT2D eigenvalue weighted by molar-refractivity contribution is 0.0733. The van der Waals surface area contributed by atoms with E-state index in [2.05, 4.69) is 6.58 Å². The van der Waals surface area contributed by atoms with Gasteiger partial charge in [-0.1, -0.05) is 24.3 Å². The summed E-state index contributed by atoms with van der Waals surface area (Å²) < 4.78 is 5.63. The van der Waals surface area contributed by atoms with Crippen molar-refractivity contribution >= 4 is 28.2 Å². The minimum atomic E-state index is -0.318. The molecule has 3 aromatic rings. The van der Waals surface area contributed by atoms with Gasteiger partial charge in [0.2, 0.25) is 0 Å². The lowest BCUT2D eigenvalue weighted by Crippen LogP contribution is -2.31. The number of benzene rings is 1. The predicted molar refractivity (Wildman–Crippen MR) is 91.7 cm³/mol. The Morgan fingerprint density at radius 2 is 2.09 bits per heavy atom. The van der Waals surface area contributed by atoms with Crippen LogP contribution in [0.5, 0.6) is 0 Å². The van der Waals surface area contributed by atoms with Crippen LogP contribution in [0.2, 0.25) is 0 Å². The van der Waals surface area contributed by atoms with Crippen molar-refractivity contribution in [2.45, 2.75) is 6.54 Å². The van der Waals surface area contributed by atoms with Crippen LogP contribution in [0.3, 0.4) is 0 Å². The van der Waals surface area contributed by atoms with Crippen LogP contribution in [0, 0.1) is 0 Å². The number of thiophene rings is 1. The summed E-state index contributed by atoms with van der Waals surface area (Å²) in [7, 11) is 0. The number of hydrogen-bond donors (Lipinski definition) is 0. The van der Waals surface area contributed by atoms with Crippen LogP contribution in [-0.4, -0.2) is 17.4 Å². The normalized spacial score (nSPS) is 10.6. The van der Waals surface area contributed by atoms with Gasteiger partial charge in [-0.05, 0) is 23.6 Å². The summed E-state index contributed by atoms with van der Waals surface area (Å²) in [6.07, 6.45) is 1.66. The molecule has 0 N–H and O–H groups in total. The van der Waals surface area contributed by atoms with Crippen molar-refractivity contribution in [3.05, 3.63) is 81.4 Å². The van der Waals surface area contributed by atoms with Gasteiger partial charge in [-0.2, -0.15) is 0 Å². The molecular formula is C18H15NO3S. The van der Waals surface area contributed by atoms with Gasteiger partial charge in [0.25, 0.3) is 5.91 Å². The molecule has 0 aliphatic rings. The second-order valence-electron chi connectivity index (χ2n) is 5.02. The Balaban J connectivity index is 1.96. The molecular weight excluding hydrogens is 310 g/mol. The zero-order chi connectivity index (χ0) is 16.2. The maximum atomic E-state index is 12.7. The summed E-state index contributed by atoms with van der Waals surface area (Å²) in [6, 6.07) is 12.1. The van der Waals surface area contributed by atoms with Crippen molar-refractivity contribution in [3.63, 3.8) is 0 Å². The molecule has 0 atom stereocenters. The number of para-hydroxylation sites is 1. The first-order valence-electron chi connectivity index (χ1n) is 7.14. The predicted octanol–water partition coefficient (Wildman–Crippen LogP) is 3.68. The maximum Gasteiger partial charge on any atom is 0.290 e. The van der Waals surface area contributed by atoms with Gasteiger partial charge in [-0.25, -0.2) is 0 Å². The highest BCUT2D eigenvalue weighted by molar-refractivity contribution is 7.09. The van der Waals surface area contributed by atoms with Crippen LogP contribution < -0.4 is 5.43 Å². The van der Waals surface area contributed by atoms with Crippen molar-refractivity contribution < 1.29 is 9.21 Å². The average Bonchev–Trinajstić information content (AvgIpc) is 3.07. The molecule has 1 amide bonds. The molecule has 116 valence electrons. The lowest BCUT2D eigenvalue weighted by Gasteiger charge is -2.19. The Bertz CT molecular complexity index is 896. The SMILES string of the molecule is C=CCN(Cc1cccs1)C(=O)c1cc(=O)c2ccccc2o1. The second-order valence-corrected chi connectivity index (χ2v) is 6.06. The van der Waals surface area contributed by atoms with Crippen molar-refractivity contribution in [2.75, 3.05) is 6.54 Å². The number of carbonyl (C=O) groups excluding carboxylic acids is 1. The third-order valence-electron chi connectivity index (χ3n) is 3.41. The molecule has 5 heteroatoms. The van der Waals surface area contributed by atoms with E-state index in [0.29, 0.717) is 24.1 Å². The molecule has 0 saturated carbocycles. The van der Waals surface area contributed by atoms with Gasteiger partial charge >= 0.3 is 0 Å². The molecule has 23 heavy (non-hydrogen) atoms. The summed E-state index contributed by atoms with van der Waals surface area (Å²) in [6.45, 7) is 4.53. The van der Waals surface area contributed by atoms with Crippen LogP contribution in [0.25, 0.3) is 11.0 Å².